The Hall–Kier alpha value is -1.00. The maximum absolute atomic E-state index is 6.31. The van der Waals surface area contributed by atoms with E-state index in [0.29, 0.717) is 0 Å². The third-order valence-corrected chi connectivity index (χ3v) is 3.29. The summed E-state index contributed by atoms with van der Waals surface area (Å²) in [5.74, 6) is 0. The second kappa shape index (κ2) is 3.54. The van der Waals surface area contributed by atoms with Crippen molar-refractivity contribution < 1.29 is 0 Å². The standard InChI is InChI=1S/C11H18N4/c1-7-8(2)15-10(6-14-7)11(13)4-3-9(12)5-11/h6,9H,3-5,12-13H2,1-2H3. The van der Waals surface area contributed by atoms with Crippen molar-refractivity contribution in [1.29, 1.82) is 0 Å². The number of aryl methyl sites for hydroxylation is 2. The molecule has 0 bridgehead atoms. The van der Waals surface area contributed by atoms with Gasteiger partial charge in [-0.3, -0.25) is 9.97 Å². The molecule has 0 amide bonds. The van der Waals surface area contributed by atoms with Crippen LogP contribution in [0.5, 0.6) is 0 Å². The zero-order valence-electron chi connectivity index (χ0n) is 9.33. The summed E-state index contributed by atoms with van der Waals surface area (Å²) < 4.78 is 0. The summed E-state index contributed by atoms with van der Waals surface area (Å²) >= 11 is 0. The van der Waals surface area contributed by atoms with Gasteiger partial charge in [0.25, 0.3) is 0 Å². The molecule has 1 aliphatic carbocycles. The Kier molecular flexibility index (Phi) is 2.48. The van der Waals surface area contributed by atoms with Crippen molar-refractivity contribution >= 4 is 0 Å². The third-order valence-electron chi connectivity index (χ3n) is 3.29. The summed E-state index contributed by atoms with van der Waals surface area (Å²) in [7, 11) is 0. The normalized spacial score (nSPS) is 30.8. The van der Waals surface area contributed by atoms with Gasteiger partial charge in [0, 0.05) is 6.04 Å². The van der Waals surface area contributed by atoms with Crippen LogP contribution in [-0.4, -0.2) is 16.0 Å². The number of hydrogen-bond donors (Lipinski definition) is 2. The van der Waals surface area contributed by atoms with Crippen LogP contribution in [0.15, 0.2) is 6.20 Å². The summed E-state index contributed by atoms with van der Waals surface area (Å²) in [6.07, 6.45) is 4.49. The molecule has 4 N–H and O–H groups in total. The highest BCUT2D eigenvalue weighted by Crippen LogP contribution is 2.34. The third kappa shape index (κ3) is 1.87. The van der Waals surface area contributed by atoms with Crippen molar-refractivity contribution in [2.45, 2.75) is 44.7 Å². The number of rotatable bonds is 1. The van der Waals surface area contributed by atoms with Gasteiger partial charge in [-0.05, 0) is 33.1 Å². The van der Waals surface area contributed by atoms with Crippen LogP contribution < -0.4 is 11.5 Å². The second-order valence-corrected chi connectivity index (χ2v) is 4.59. The van der Waals surface area contributed by atoms with E-state index in [1.165, 1.54) is 0 Å². The number of aromatic nitrogens is 2. The van der Waals surface area contributed by atoms with Gasteiger partial charge in [-0.25, -0.2) is 0 Å². The molecule has 2 rings (SSSR count). The highest BCUT2D eigenvalue weighted by atomic mass is 14.9. The Morgan fingerprint density at radius 2 is 2.13 bits per heavy atom. The SMILES string of the molecule is Cc1ncc(C2(N)CCC(N)C2)nc1C. The number of nitrogens with two attached hydrogens (primary N) is 2. The molecule has 15 heavy (non-hydrogen) atoms. The zero-order chi connectivity index (χ0) is 11.1. The van der Waals surface area contributed by atoms with Crippen LogP contribution >= 0.6 is 0 Å². The van der Waals surface area contributed by atoms with Crippen LogP contribution in [-0.2, 0) is 5.54 Å². The fourth-order valence-electron chi connectivity index (χ4n) is 2.13. The lowest BCUT2D eigenvalue weighted by Crippen LogP contribution is -2.36. The van der Waals surface area contributed by atoms with Gasteiger partial charge in [0.2, 0.25) is 0 Å². The van der Waals surface area contributed by atoms with Gasteiger partial charge in [-0.2, -0.15) is 0 Å². The maximum atomic E-state index is 6.31. The van der Waals surface area contributed by atoms with Gasteiger partial charge in [-0.1, -0.05) is 0 Å². The van der Waals surface area contributed by atoms with Gasteiger partial charge < -0.3 is 11.5 Å². The van der Waals surface area contributed by atoms with Crippen LogP contribution in [0.4, 0.5) is 0 Å². The Morgan fingerprint density at radius 1 is 1.40 bits per heavy atom. The fourth-order valence-corrected chi connectivity index (χ4v) is 2.13. The quantitative estimate of drug-likeness (QED) is 0.711. The minimum atomic E-state index is -0.356. The summed E-state index contributed by atoms with van der Waals surface area (Å²) in [5.41, 5.74) is 14.6. The summed E-state index contributed by atoms with van der Waals surface area (Å²) in [6.45, 7) is 3.92. The van der Waals surface area contributed by atoms with E-state index in [0.717, 1.165) is 36.3 Å². The molecule has 1 fully saturated rings. The molecule has 0 aromatic carbocycles. The lowest BCUT2D eigenvalue weighted by molar-refractivity contribution is 0.436. The second-order valence-electron chi connectivity index (χ2n) is 4.59. The minimum absolute atomic E-state index is 0.207. The van der Waals surface area contributed by atoms with Gasteiger partial charge in [0.1, 0.15) is 0 Å². The van der Waals surface area contributed by atoms with Gasteiger partial charge in [0.05, 0.1) is 28.8 Å². The van der Waals surface area contributed by atoms with Gasteiger partial charge >= 0.3 is 0 Å². The van der Waals surface area contributed by atoms with Gasteiger partial charge in [-0.15, -0.1) is 0 Å². The first kappa shape index (κ1) is 10.5. The molecule has 1 aromatic rings. The molecule has 1 saturated carbocycles. The Morgan fingerprint density at radius 3 is 2.67 bits per heavy atom. The molecule has 82 valence electrons. The summed E-state index contributed by atoms with van der Waals surface area (Å²) in [6, 6.07) is 0.207. The summed E-state index contributed by atoms with van der Waals surface area (Å²) in [4.78, 5) is 8.83. The average molecular weight is 206 g/mol. The van der Waals surface area contributed by atoms with Gasteiger partial charge in [0.15, 0.2) is 0 Å². The van der Waals surface area contributed by atoms with Crippen LogP contribution in [0.3, 0.4) is 0 Å². The van der Waals surface area contributed by atoms with Crippen LogP contribution in [0.1, 0.15) is 36.3 Å². The van der Waals surface area contributed by atoms with E-state index in [2.05, 4.69) is 9.97 Å². The van der Waals surface area contributed by atoms with Crippen molar-refractivity contribution in [2.75, 3.05) is 0 Å². The van der Waals surface area contributed by atoms with Crippen LogP contribution in [0.25, 0.3) is 0 Å². The Labute approximate surface area is 90.1 Å². The zero-order valence-corrected chi connectivity index (χ0v) is 9.33. The van der Waals surface area contributed by atoms with E-state index in [1.54, 1.807) is 6.20 Å². The monoisotopic (exact) mass is 206 g/mol. The van der Waals surface area contributed by atoms with Crippen molar-refractivity contribution in [3.8, 4) is 0 Å². The smallest absolute Gasteiger partial charge is 0.0789 e. The van der Waals surface area contributed by atoms with E-state index in [4.69, 9.17) is 11.5 Å². The molecule has 4 nitrogen and oxygen atoms in total. The molecule has 0 spiro atoms. The first-order chi connectivity index (χ1) is 7.01. The van der Waals surface area contributed by atoms with E-state index in [-0.39, 0.29) is 11.6 Å². The lowest BCUT2D eigenvalue weighted by atomic mass is 9.94. The van der Waals surface area contributed by atoms with Crippen LogP contribution in [0, 0.1) is 13.8 Å². The first-order valence-corrected chi connectivity index (χ1v) is 5.36. The van der Waals surface area contributed by atoms with E-state index < -0.39 is 0 Å². The minimum Gasteiger partial charge on any atom is -0.328 e. The van der Waals surface area contributed by atoms with E-state index in [9.17, 15) is 0 Å². The van der Waals surface area contributed by atoms with Crippen molar-refractivity contribution in [3.05, 3.63) is 23.3 Å². The molecule has 1 aliphatic rings. The predicted molar refractivity (Wildman–Crippen MR) is 59.2 cm³/mol. The van der Waals surface area contributed by atoms with Crippen molar-refractivity contribution in [1.82, 2.24) is 9.97 Å². The summed E-state index contributed by atoms with van der Waals surface area (Å²) in [5, 5.41) is 0. The largest absolute Gasteiger partial charge is 0.328 e. The molecule has 4 heteroatoms. The highest BCUT2D eigenvalue weighted by Gasteiger charge is 2.37. The molecular weight excluding hydrogens is 188 g/mol. The lowest BCUT2D eigenvalue weighted by Gasteiger charge is -2.23. The molecule has 2 unspecified atom stereocenters. The Balaban J connectivity index is 2.33. The topological polar surface area (TPSA) is 77.8 Å². The molecule has 0 saturated heterocycles. The van der Waals surface area contributed by atoms with Crippen LogP contribution in [0.2, 0.25) is 0 Å². The number of nitrogens with zero attached hydrogens (tertiary/aromatic N) is 2. The molecule has 0 radical (unpaired) electrons. The van der Waals surface area contributed by atoms with Crippen molar-refractivity contribution in [2.24, 2.45) is 11.5 Å². The average Bonchev–Trinajstić information content (AvgIpc) is 2.52. The molecule has 2 atom stereocenters. The number of hydrogen-bond acceptors (Lipinski definition) is 4. The fraction of sp³-hybridized carbons (Fsp3) is 0.636. The maximum Gasteiger partial charge on any atom is 0.0789 e. The van der Waals surface area contributed by atoms with E-state index >= 15 is 0 Å². The first-order valence-electron chi connectivity index (χ1n) is 5.36. The molecule has 1 heterocycles. The molecule has 0 aliphatic heterocycles. The van der Waals surface area contributed by atoms with E-state index in [1.807, 2.05) is 13.8 Å². The predicted octanol–water partition coefficient (Wildman–Crippen LogP) is 0.759. The Bertz CT molecular complexity index is 377. The molecule has 1 aromatic heterocycles. The molecular formula is C11H18N4. The van der Waals surface area contributed by atoms with Crippen molar-refractivity contribution in [3.63, 3.8) is 0 Å². The highest BCUT2D eigenvalue weighted by molar-refractivity contribution is 5.19.